The van der Waals surface area contributed by atoms with Gasteiger partial charge in [0.05, 0.1) is 12.4 Å². The molecule has 4 nitrogen and oxygen atoms in total. The molecule has 0 saturated carbocycles. The van der Waals surface area contributed by atoms with Crippen molar-refractivity contribution in [2.75, 3.05) is 5.75 Å². The van der Waals surface area contributed by atoms with E-state index in [1.165, 1.54) is 34.4 Å². The van der Waals surface area contributed by atoms with Crippen LogP contribution in [-0.2, 0) is 10.2 Å². The van der Waals surface area contributed by atoms with Crippen molar-refractivity contribution < 1.29 is 9.53 Å². The van der Waals surface area contributed by atoms with E-state index < -0.39 is 0 Å². The van der Waals surface area contributed by atoms with Gasteiger partial charge < -0.3 is 4.74 Å². The van der Waals surface area contributed by atoms with E-state index in [2.05, 4.69) is 54.7 Å². The average molecular weight is 409 g/mol. The fourth-order valence-corrected chi connectivity index (χ4v) is 5.17. The summed E-state index contributed by atoms with van der Waals surface area (Å²) in [5, 5.41) is 0. The SMILES string of the molecule is CCCC(=O)Oc1cnc(C#Cc2cc3c(cc2C)SCCC3(CC)CC)cn1. The van der Waals surface area contributed by atoms with Crippen LogP contribution in [0.1, 0.15) is 75.3 Å². The minimum absolute atomic E-state index is 0.215. The zero-order chi connectivity index (χ0) is 20.9. The lowest BCUT2D eigenvalue weighted by Gasteiger charge is -2.38. The maximum absolute atomic E-state index is 11.5. The first kappa shape index (κ1) is 21.4. The second kappa shape index (κ2) is 9.45. The van der Waals surface area contributed by atoms with Crippen molar-refractivity contribution in [1.82, 2.24) is 9.97 Å². The van der Waals surface area contributed by atoms with Crippen LogP contribution in [-0.4, -0.2) is 21.7 Å². The zero-order valence-corrected chi connectivity index (χ0v) is 18.5. The standard InChI is InChI=1S/C24H28N2O2S/c1-5-8-23(27)28-22-16-25-19(15-26-22)10-9-18-14-20-21(13-17(18)4)29-12-11-24(20,6-2)7-3/h13-16H,5-8,11-12H2,1-4H3. The van der Waals surface area contributed by atoms with E-state index in [1.807, 2.05) is 18.7 Å². The summed E-state index contributed by atoms with van der Waals surface area (Å²) in [5.74, 6) is 7.49. The fraction of sp³-hybridized carbons (Fsp3) is 0.458. The molecule has 0 radical (unpaired) electrons. The van der Waals surface area contributed by atoms with Crippen LogP contribution in [0.15, 0.2) is 29.4 Å². The van der Waals surface area contributed by atoms with Gasteiger partial charge in [-0.1, -0.05) is 26.7 Å². The summed E-state index contributed by atoms with van der Waals surface area (Å²) in [6.45, 7) is 8.62. The van der Waals surface area contributed by atoms with Crippen molar-refractivity contribution in [2.45, 2.75) is 70.1 Å². The van der Waals surface area contributed by atoms with Gasteiger partial charge in [0.15, 0.2) is 0 Å². The fourth-order valence-electron chi connectivity index (χ4n) is 3.76. The molecule has 3 rings (SSSR count). The van der Waals surface area contributed by atoms with E-state index in [0.717, 1.165) is 24.8 Å². The van der Waals surface area contributed by atoms with Crippen molar-refractivity contribution in [1.29, 1.82) is 0 Å². The number of benzene rings is 1. The number of ether oxygens (including phenoxy) is 1. The third-order valence-corrected chi connectivity index (χ3v) is 6.77. The second-order valence-electron chi connectivity index (χ2n) is 7.46. The lowest BCUT2D eigenvalue weighted by Crippen LogP contribution is -2.29. The predicted octanol–water partition coefficient (Wildman–Crippen LogP) is 5.44. The summed E-state index contributed by atoms with van der Waals surface area (Å²) >= 11 is 1.96. The number of hydrogen-bond donors (Lipinski definition) is 0. The van der Waals surface area contributed by atoms with Crippen LogP contribution >= 0.6 is 11.8 Å². The molecule has 0 saturated heterocycles. The molecule has 1 aliphatic rings. The minimum atomic E-state index is -0.293. The molecule has 152 valence electrons. The number of hydrogen-bond acceptors (Lipinski definition) is 5. The van der Waals surface area contributed by atoms with E-state index in [4.69, 9.17) is 4.74 Å². The lowest BCUT2D eigenvalue weighted by atomic mass is 9.73. The largest absolute Gasteiger partial charge is 0.406 e. The zero-order valence-electron chi connectivity index (χ0n) is 17.7. The molecule has 1 aromatic carbocycles. The maximum Gasteiger partial charge on any atom is 0.312 e. The predicted molar refractivity (Wildman–Crippen MR) is 117 cm³/mol. The normalized spacial score (nSPS) is 14.5. The van der Waals surface area contributed by atoms with Gasteiger partial charge in [0.25, 0.3) is 0 Å². The van der Waals surface area contributed by atoms with Crippen molar-refractivity contribution in [3.05, 3.63) is 46.9 Å². The van der Waals surface area contributed by atoms with Crippen LogP contribution < -0.4 is 4.74 Å². The highest BCUT2D eigenvalue weighted by atomic mass is 32.2. The molecule has 1 aromatic heterocycles. The van der Waals surface area contributed by atoms with Crippen molar-refractivity contribution in [3.63, 3.8) is 0 Å². The third-order valence-electron chi connectivity index (χ3n) is 5.72. The second-order valence-corrected chi connectivity index (χ2v) is 8.60. The minimum Gasteiger partial charge on any atom is -0.406 e. The van der Waals surface area contributed by atoms with E-state index in [9.17, 15) is 4.79 Å². The van der Waals surface area contributed by atoms with Crippen LogP contribution in [0.4, 0.5) is 0 Å². The Labute approximate surface area is 177 Å². The molecule has 0 N–H and O–H groups in total. The van der Waals surface area contributed by atoms with Gasteiger partial charge in [-0.05, 0) is 73.0 Å². The Kier molecular flexibility index (Phi) is 6.97. The first-order valence-corrected chi connectivity index (χ1v) is 11.3. The molecule has 0 unspecified atom stereocenters. The van der Waals surface area contributed by atoms with Gasteiger partial charge in [-0.25, -0.2) is 9.97 Å². The van der Waals surface area contributed by atoms with Crippen LogP contribution in [0.5, 0.6) is 5.88 Å². The Bertz CT molecular complexity index is 938. The summed E-state index contributed by atoms with van der Waals surface area (Å²) < 4.78 is 5.14. The molecular weight excluding hydrogens is 380 g/mol. The van der Waals surface area contributed by atoms with E-state index >= 15 is 0 Å². The average Bonchev–Trinajstić information content (AvgIpc) is 2.73. The number of carbonyl (C=O) groups excluding carboxylic acids is 1. The topological polar surface area (TPSA) is 52.1 Å². The molecule has 0 spiro atoms. The van der Waals surface area contributed by atoms with Crippen LogP contribution in [0.25, 0.3) is 0 Å². The van der Waals surface area contributed by atoms with Crippen LogP contribution in [0, 0.1) is 18.8 Å². The number of fused-ring (bicyclic) bond motifs is 1. The summed E-state index contributed by atoms with van der Waals surface area (Å²) in [5.41, 5.74) is 4.48. The van der Waals surface area contributed by atoms with Crippen LogP contribution in [0.3, 0.4) is 0 Å². The molecule has 2 heterocycles. The van der Waals surface area contributed by atoms with Gasteiger partial charge in [0.1, 0.15) is 5.69 Å². The molecule has 0 amide bonds. The molecule has 2 aromatic rings. The Morgan fingerprint density at radius 2 is 1.97 bits per heavy atom. The number of thioether (sulfide) groups is 1. The van der Waals surface area contributed by atoms with Crippen molar-refractivity contribution in [3.8, 4) is 17.7 Å². The molecular formula is C24H28N2O2S. The highest BCUT2D eigenvalue weighted by molar-refractivity contribution is 7.99. The van der Waals surface area contributed by atoms with Gasteiger partial charge in [-0.15, -0.1) is 11.8 Å². The van der Waals surface area contributed by atoms with Gasteiger partial charge in [0, 0.05) is 16.9 Å². The quantitative estimate of drug-likeness (QED) is 0.487. The van der Waals surface area contributed by atoms with E-state index in [0.29, 0.717) is 12.1 Å². The van der Waals surface area contributed by atoms with Crippen molar-refractivity contribution in [2.24, 2.45) is 0 Å². The first-order valence-electron chi connectivity index (χ1n) is 10.3. The summed E-state index contributed by atoms with van der Waals surface area (Å²) in [6, 6.07) is 4.57. The Balaban J connectivity index is 1.85. The van der Waals surface area contributed by atoms with Crippen molar-refractivity contribution >= 4 is 17.7 Å². The number of rotatable bonds is 5. The summed E-state index contributed by atoms with van der Waals surface area (Å²) in [4.78, 5) is 21.4. The first-order chi connectivity index (χ1) is 14.0. The van der Waals surface area contributed by atoms with E-state index in [-0.39, 0.29) is 17.3 Å². The molecule has 0 fully saturated rings. The molecule has 0 aliphatic carbocycles. The molecule has 5 heteroatoms. The number of esters is 1. The number of aromatic nitrogens is 2. The molecule has 29 heavy (non-hydrogen) atoms. The van der Waals surface area contributed by atoms with Crippen LogP contribution in [0.2, 0.25) is 0 Å². The molecule has 1 aliphatic heterocycles. The smallest absolute Gasteiger partial charge is 0.312 e. The van der Waals surface area contributed by atoms with E-state index in [1.54, 1.807) is 6.20 Å². The monoisotopic (exact) mass is 408 g/mol. The maximum atomic E-state index is 11.5. The highest BCUT2D eigenvalue weighted by Crippen LogP contribution is 2.46. The third kappa shape index (κ3) is 4.82. The van der Waals surface area contributed by atoms with Gasteiger partial charge in [-0.3, -0.25) is 4.79 Å². The number of carbonyl (C=O) groups is 1. The van der Waals surface area contributed by atoms with Gasteiger partial charge in [0.2, 0.25) is 5.88 Å². The molecule has 0 atom stereocenters. The summed E-state index contributed by atoms with van der Waals surface area (Å²) in [6.07, 6.45) is 7.63. The Morgan fingerprint density at radius 1 is 1.17 bits per heavy atom. The summed E-state index contributed by atoms with van der Waals surface area (Å²) in [7, 11) is 0. The molecule has 0 bridgehead atoms. The Morgan fingerprint density at radius 3 is 2.62 bits per heavy atom. The highest BCUT2D eigenvalue weighted by Gasteiger charge is 2.34. The number of aryl methyl sites for hydroxylation is 1. The lowest BCUT2D eigenvalue weighted by molar-refractivity contribution is -0.134. The Hall–Kier alpha value is -2.32. The van der Waals surface area contributed by atoms with Gasteiger partial charge in [-0.2, -0.15) is 0 Å². The van der Waals surface area contributed by atoms with Gasteiger partial charge >= 0.3 is 5.97 Å². The number of nitrogens with zero attached hydrogens (tertiary/aromatic N) is 2.